The van der Waals surface area contributed by atoms with Crippen molar-refractivity contribution in [3.8, 4) is 5.75 Å². The number of rotatable bonds is 5. The van der Waals surface area contributed by atoms with E-state index in [4.69, 9.17) is 4.74 Å². The molecule has 2 aromatic heterocycles. The zero-order valence-electron chi connectivity index (χ0n) is 19.1. The Kier molecular flexibility index (Phi) is 5.90. The molecule has 170 valence electrons. The lowest BCUT2D eigenvalue weighted by atomic mass is 10.1. The zero-order chi connectivity index (χ0) is 22.9. The van der Waals surface area contributed by atoms with Crippen LogP contribution in [0.1, 0.15) is 27.2 Å². The van der Waals surface area contributed by atoms with Gasteiger partial charge in [0.05, 0.1) is 25.2 Å². The number of hydrogen-bond donors (Lipinski definition) is 0. The van der Waals surface area contributed by atoms with E-state index >= 15 is 0 Å². The molecule has 4 rings (SSSR count). The van der Waals surface area contributed by atoms with Crippen LogP contribution in [0.4, 0.5) is 5.69 Å². The fourth-order valence-electron chi connectivity index (χ4n) is 3.98. The molecule has 0 bridgehead atoms. The number of amides is 1. The van der Waals surface area contributed by atoms with Crippen LogP contribution in [0, 0.1) is 0 Å². The van der Waals surface area contributed by atoms with Gasteiger partial charge in [-0.3, -0.25) is 14.2 Å². The van der Waals surface area contributed by atoms with Crippen molar-refractivity contribution in [2.24, 2.45) is 0 Å². The number of ether oxygens (including phenoxy) is 1. The van der Waals surface area contributed by atoms with Gasteiger partial charge in [0.25, 0.3) is 5.56 Å². The molecule has 3 heterocycles. The van der Waals surface area contributed by atoms with Gasteiger partial charge >= 0.3 is 0 Å². The highest BCUT2D eigenvalue weighted by atomic mass is 16.5. The van der Waals surface area contributed by atoms with Crippen molar-refractivity contribution in [3.05, 3.63) is 47.1 Å². The fourth-order valence-corrected chi connectivity index (χ4v) is 3.98. The third-order valence-electron chi connectivity index (χ3n) is 5.83. The molecule has 9 heteroatoms. The standard InChI is InChI=1S/C23H30N6O3/c1-23(2,3)29-21-19(15-25-29)22(31)28(16-24-21)10-9-20(30)27-13-11-26(12-14-27)17-5-7-18(32-4)8-6-17/h5-8,15-16H,9-14H2,1-4H3. The molecule has 1 aliphatic rings. The number of fused-ring (bicyclic) bond motifs is 1. The van der Waals surface area contributed by atoms with E-state index in [2.05, 4.69) is 15.0 Å². The van der Waals surface area contributed by atoms with Crippen LogP contribution in [-0.2, 0) is 16.9 Å². The Morgan fingerprint density at radius 1 is 1.09 bits per heavy atom. The quantitative estimate of drug-likeness (QED) is 0.607. The monoisotopic (exact) mass is 438 g/mol. The number of methoxy groups -OCH3 is 1. The first kappa shape index (κ1) is 21.9. The smallest absolute Gasteiger partial charge is 0.264 e. The van der Waals surface area contributed by atoms with E-state index in [-0.39, 0.29) is 23.4 Å². The molecule has 0 unspecified atom stereocenters. The first-order valence-corrected chi connectivity index (χ1v) is 10.9. The van der Waals surface area contributed by atoms with Crippen molar-refractivity contribution in [1.82, 2.24) is 24.2 Å². The highest BCUT2D eigenvalue weighted by Crippen LogP contribution is 2.21. The van der Waals surface area contributed by atoms with Gasteiger partial charge in [0, 0.05) is 44.8 Å². The second-order valence-electron chi connectivity index (χ2n) is 9.02. The topological polar surface area (TPSA) is 85.5 Å². The predicted molar refractivity (Wildman–Crippen MR) is 123 cm³/mol. The maximum absolute atomic E-state index is 12.8. The van der Waals surface area contributed by atoms with Crippen LogP contribution in [0.5, 0.6) is 5.75 Å². The van der Waals surface area contributed by atoms with Gasteiger partial charge in [-0.15, -0.1) is 0 Å². The van der Waals surface area contributed by atoms with Gasteiger partial charge in [-0.2, -0.15) is 5.10 Å². The number of carbonyl (C=O) groups is 1. The molecule has 1 saturated heterocycles. The number of piperazine rings is 1. The Morgan fingerprint density at radius 2 is 1.78 bits per heavy atom. The molecule has 0 spiro atoms. The largest absolute Gasteiger partial charge is 0.497 e. The molecule has 3 aromatic rings. The first-order chi connectivity index (χ1) is 15.3. The van der Waals surface area contributed by atoms with Crippen LogP contribution < -0.4 is 15.2 Å². The molecule has 0 N–H and O–H groups in total. The summed E-state index contributed by atoms with van der Waals surface area (Å²) in [5.74, 6) is 0.882. The van der Waals surface area contributed by atoms with Crippen molar-refractivity contribution < 1.29 is 9.53 Å². The Balaban J connectivity index is 1.35. The second-order valence-corrected chi connectivity index (χ2v) is 9.02. The molecule has 0 atom stereocenters. The third kappa shape index (κ3) is 4.32. The molecular weight excluding hydrogens is 408 g/mol. The number of aromatic nitrogens is 4. The van der Waals surface area contributed by atoms with Crippen LogP contribution in [0.15, 0.2) is 41.6 Å². The molecule has 1 fully saturated rings. The number of anilines is 1. The van der Waals surface area contributed by atoms with Crippen LogP contribution >= 0.6 is 0 Å². The molecular formula is C23H30N6O3. The molecule has 1 amide bonds. The van der Waals surface area contributed by atoms with E-state index in [1.165, 1.54) is 10.9 Å². The lowest BCUT2D eigenvalue weighted by molar-refractivity contribution is -0.131. The van der Waals surface area contributed by atoms with E-state index in [1.807, 2.05) is 49.9 Å². The maximum atomic E-state index is 12.8. The lowest BCUT2D eigenvalue weighted by Gasteiger charge is -2.36. The lowest BCUT2D eigenvalue weighted by Crippen LogP contribution is -2.49. The minimum absolute atomic E-state index is 0.0526. The van der Waals surface area contributed by atoms with E-state index in [0.717, 1.165) is 24.5 Å². The number of aryl methyl sites for hydroxylation is 1. The van der Waals surface area contributed by atoms with Gasteiger partial charge in [-0.05, 0) is 45.0 Å². The van der Waals surface area contributed by atoms with Crippen LogP contribution in [-0.4, -0.2) is 63.4 Å². The van der Waals surface area contributed by atoms with Gasteiger partial charge in [0.2, 0.25) is 5.91 Å². The van der Waals surface area contributed by atoms with Crippen molar-refractivity contribution >= 4 is 22.6 Å². The van der Waals surface area contributed by atoms with E-state index in [9.17, 15) is 9.59 Å². The SMILES string of the molecule is COc1ccc(N2CCN(C(=O)CCn3cnc4c(cnn4C(C)(C)C)c3=O)CC2)cc1. The Bertz CT molecular complexity index is 1150. The number of carbonyl (C=O) groups excluding carboxylic acids is 1. The summed E-state index contributed by atoms with van der Waals surface area (Å²) in [5, 5.41) is 4.81. The summed E-state index contributed by atoms with van der Waals surface area (Å²) in [6, 6.07) is 7.96. The zero-order valence-corrected chi connectivity index (χ0v) is 19.1. The summed E-state index contributed by atoms with van der Waals surface area (Å²) >= 11 is 0. The summed E-state index contributed by atoms with van der Waals surface area (Å²) in [7, 11) is 1.65. The molecule has 9 nitrogen and oxygen atoms in total. The number of benzene rings is 1. The summed E-state index contributed by atoms with van der Waals surface area (Å²) < 4.78 is 8.47. The minimum Gasteiger partial charge on any atom is -0.497 e. The third-order valence-corrected chi connectivity index (χ3v) is 5.83. The van der Waals surface area contributed by atoms with Gasteiger partial charge in [-0.1, -0.05) is 0 Å². The van der Waals surface area contributed by atoms with Gasteiger partial charge in [0.15, 0.2) is 5.65 Å². The van der Waals surface area contributed by atoms with Crippen molar-refractivity contribution in [3.63, 3.8) is 0 Å². The van der Waals surface area contributed by atoms with Crippen molar-refractivity contribution in [2.45, 2.75) is 39.3 Å². The summed E-state index contributed by atoms with van der Waals surface area (Å²) in [5.41, 5.74) is 1.26. The fraction of sp³-hybridized carbons (Fsp3) is 0.478. The minimum atomic E-state index is -0.267. The number of hydrogen-bond acceptors (Lipinski definition) is 6. The van der Waals surface area contributed by atoms with E-state index in [1.54, 1.807) is 18.0 Å². The van der Waals surface area contributed by atoms with Crippen molar-refractivity contribution in [1.29, 1.82) is 0 Å². The van der Waals surface area contributed by atoms with Crippen molar-refractivity contribution in [2.75, 3.05) is 38.2 Å². The second kappa shape index (κ2) is 8.64. The molecule has 32 heavy (non-hydrogen) atoms. The highest BCUT2D eigenvalue weighted by Gasteiger charge is 2.22. The molecule has 1 aliphatic heterocycles. The average molecular weight is 439 g/mol. The van der Waals surface area contributed by atoms with Crippen LogP contribution in [0.2, 0.25) is 0 Å². The van der Waals surface area contributed by atoms with Gasteiger partial charge in [-0.25, -0.2) is 9.67 Å². The van der Waals surface area contributed by atoms with Crippen LogP contribution in [0.25, 0.3) is 11.0 Å². The molecule has 1 aromatic carbocycles. The summed E-state index contributed by atoms with van der Waals surface area (Å²) in [6.45, 7) is 9.22. The summed E-state index contributed by atoms with van der Waals surface area (Å²) in [6.07, 6.45) is 3.35. The molecule has 0 radical (unpaired) electrons. The molecule has 0 saturated carbocycles. The molecule has 0 aliphatic carbocycles. The maximum Gasteiger partial charge on any atom is 0.264 e. The van der Waals surface area contributed by atoms with E-state index in [0.29, 0.717) is 30.7 Å². The number of nitrogens with zero attached hydrogens (tertiary/aromatic N) is 6. The Labute approximate surface area is 187 Å². The van der Waals surface area contributed by atoms with Gasteiger partial charge < -0.3 is 14.5 Å². The highest BCUT2D eigenvalue weighted by molar-refractivity contribution is 5.77. The van der Waals surface area contributed by atoms with Crippen LogP contribution in [0.3, 0.4) is 0 Å². The average Bonchev–Trinajstić information content (AvgIpc) is 3.24. The van der Waals surface area contributed by atoms with Gasteiger partial charge in [0.1, 0.15) is 11.1 Å². The Morgan fingerprint density at radius 3 is 2.41 bits per heavy atom. The first-order valence-electron chi connectivity index (χ1n) is 10.9. The predicted octanol–water partition coefficient (Wildman–Crippen LogP) is 2.10. The van der Waals surface area contributed by atoms with E-state index < -0.39 is 0 Å². The Hall–Kier alpha value is -3.36. The summed E-state index contributed by atoms with van der Waals surface area (Å²) in [4.78, 5) is 34.1. The normalized spacial score (nSPS) is 14.8.